The van der Waals surface area contributed by atoms with Gasteiger partial charge in [-0.3, -0.25) is 9.78 Å². The predicted molar refractivity (Wildman–Crippen MR) is 99.4 cm³/mol. The van der Waals surface area contributed by atoms with Gasteiger partial charge in [0.05, 0.1) is 11.8 Å². The van der Waals surface area contributed by atoms with Crippen molar-refractivity contribution in [2.75, 3.05) is 30.9 Å². The van der Waals surface area contributed by atoms with E-state index in [2.05, 4.69) is 15.6 Å². The molecule has 0 aliphatic rings. The second kappa shape index (κ2) is 9.64. The summed E-state index contributed by atoms with van der Waals surface area (Å²) >= 11 is 0. The summed E-state index contributed by atoms with van der Waals surface area (Å²) in [6, 6.07) is 10.9. The summed E-state index contributed by atoms with van der Waals surface area (Å²) in [6.07, 6.45) is 2.53. The Labute approximate surface area is 148 Å². The molecule has 0 fully saturated rings. The number of nitrogens with zero attached hydrogens (tertiary/aromatic N) is 1. The fourth-order valence-corrected chi connectivity index (χ4v) is 2.23. The van der Waals surface area contributed by atoms with Gasteiger partial charge in [0, 0.05) is 32.1 Å². The van der Waals surface area contributed by atoms with Gasteiger partial charge in [0.25, 0.3) is 5.91 Å². The van der Waals surface area contributed by atoms with E-state index in [4.69, 9.17) is 9.47 Å². The minimum atomic E-state index is -0.277. The van der Waals surface area contributed by atoms with Crippen LogP contribution < -0.4 is 15.4 Å². The molecule has 2 N–H and O–H groups in total. The quantitative estimate of drug-likeness (QED) is 0.681. The van der Waals surface area contributed by atoms with Crippen molar-refractivity contribution in [2.24, 2.45) is 0 Å². The number of methoxy groups -OCH3 is 1. The third-order valence-electron chi connectivity index (χ3n) is 3.34. The number of carbonyl (C=O) groups excluding carboxylic acids is 1. The third kappa shape index (κ3) is 6.08. The van der Waals surface area contributed by atoms with Gasteiger partial charge in [-0.15, -0.1) is 0 Å². The lowest BCUT2D eigenvalue weighted by molar-refractivity contribution is 0.102. The Morgan fingerprint density at radius 2 is 2.04 bits per heavy atom. The van der Waals surface area contributed by atoms with Gasteiger partial charge in [0.15, 0.2) is 0 Å². The Kier molecular flexibility index (Phi) is 7.22. The van der Waals surface area contributed by atoms with Gasteiger partial charge in [-0.1, -0.05) is 12.1 Å². The zero-order chi connectivity index (χ0) is 18.1. The maximum atomic E-state index is 12.5. The molecule has 134 valence electrons. The van der Waals surface area contributed by atoms with Crippen molar-refractivity contribution in [3.8, 4) is 5.75 Å². The van der Waals surface area contributed by atoms with Crippen LogP contribution >= 0.6 is 0 Å². The smallest absolute Gasteiger partial charge is 0.274 e. The Balaban J connectivity index is 2.04. The van der Waals surface area contributed by atoms with Crippen LogP contribution in [0.2, 0.25) is 0 Å². The SMILES string of the molecule is COCCCNc1ccnc(C(=O)Nc2ccccc2OC(C)C)c1. The van der Waals surface area contributed by atoms with Crippen molar-refractivity contribution in [3.05, 3.63) is 48.3 Å². The number of para-hydroxylation sites is 2. The summed E-state index contributed by atoms with van der Waals surface area (Å²) in [5.41, 5.74) is 1.82. The van der Waals surface area contributed by atoms with E-state index in [-0.39, 0.29) is 12.0 Å². The second-order valence-electron chi connectivity index (χ2n) is 5.82. The molecule has 0 saturated heterocycles. The molecule has 0 atom stereocenters. The lowest BCUT2D eigenvalue weighted by Gasteiger charge is -2.14. The van der Waals surface area contributed by atoms with Crippen molar-refractivity contribution < 1.29 is 14.3 Å². The molecule has 2 aromatic rings. The van der Waals surface area contributed by atoms with Gasteiger partial charge in [-0.25, -0.2) is 0 Å². The molecule has 0 saturated carbocycles. The molecule has 0 aliphatic carbocycles. The number of ether oxygens (including phenoxy) is 2. The highest BCUT2D eigenvalue weighted by Gasteiger charge is 2.12. The van der Waals surface area contributed by atoms with E-state index in [1.54, 1.807) is 19.4 Å². The van der Waals surface area contributed by atoms with Crippen LogP contribution in [0.15, 0.2) is 42.6 Å². The first-order valence-corrected chi connectivity index (χ1v) is 8.36. The zero-order valence-corrected chi connectivity index (χ0v) is 14.9. The molecular formula is C19H25N3O3. The summed E-state index contributed by atoms with van der Waals surface area (Å²) < 4.78 is 10.7. The molecule has 1 heterocycles. The molecule has 1 aromatic carbocycles. The summed E-state index contributed by atoms with van der Waals surface area (Å²) in [5.74, 6) is 0.361. The number of amides is 1. The summed E-state index contributed by atoms with van der Waals surface area (Å²) in [5, 5.41) is 6.11. The monoisotopic (exact) mass is 343 g/mol. The molecule has 0 spiro atoms. The minimum Gasteiger partial charge on any atom is -0.489 e. The van der Waals surface area contributed by atoms with E-state index in [0.29, 0.717) is 23.7 Å². The van der Waals surface area contributed by atoms with Gasteiger partial charge in [-0.2, -0.15) is 0 Å². The maximum absolute atomic E-state index is 12.5. The summed E-state index contributed by atoms with van der Waals surface area (Å²) in [4.78, 5) is 16.7. The average molecular weight is 343 g/mol. The highest BCUT2D eigenvalue weighted by atomic mass is 16.5. The predicted octanol–water partition coefficient (Wildman–Crippen LogP) is 3.57. The maximum Gasteiger partial charge on any atom is 0.274 e. The lowest BCUT2D eigenvalue weighted by atomic mass is 10.2. The van der Waals surface area contributed by atoms with E-state index >= 15 is 0 Å². The largest absolute Gasteiger partial charge is 0.489 e. The van der Waals surface area contributed by atoms with Gasteiger partial charge < -0.3 is 20.1 Å². The molecule has 0 unspecified atom stereocenters. The van der Waals surface area contributed by atoms with Crippen molar-refractivity contribution in [1.29, 1.82) is 0 Å². The molecule has 1 aromatic heterocycles. The first-order chi connectivity index (χ1) is 12.1. The average Bonchev–Trinajstić information content (AvgIpc) is 2.60. The van der Waals surface area contributed by atoms with Gasteiger partial charge in [0.1, 0.15) is 11.4 Å². The second-order valence-corrected chi connectivity index (χ2v) is 5.82. The highest BCUT2D eigenvalue weighted by Crippen LogP contribution is 2.25. The fraction of sp³-hybridized carbons (Fsp3) is 0.368. The van der Waals surface area contributed by atoms with Gasteiger partial charge in [-0.05, 0) is 44.5 Å². The van der Waals surface area contributed by atoms with Gasteiger partial charge >= 0.3 is 0 Å². The molecular weight excluding hydrogens is 318 g/mol. The number of anilines is 2. The van der Waals surface area contributed by atoms with Crippen molar-refractivity contribution in [2.45, 2.75) is 26.4 Å². The number of benzene rings is 1. The molecule has 0 bridgehead atoms. The van der Waals surface area contributed by atoms with Crippen molar-refractivity contribution >= 4 is 17.3 Å². The number of nitrogens with one attached hydrogen (secondary N) is 2. The van der Waals surface area contributed by atoms with Crippen LogP contribution in [0.3, 0.4) is 0 Å². The van der Waals surface area contributed by atoms with Gasteiger partial charge in [0.2, 0.25) is 0 Å². The van der Waals surface area contributed by atoms with E-state index in [9.17, 15) is 4.79 Å². The summed E-state index contributed by atoms with van der Waals surface area (Å²) in [6.45, 7) is 5.35. The first kappa shape index (κ1) is 18.7. The van der Waals surface area contributed by atoms with E-state index in [0.717, 1.165) is 18.7 Å². The highest BCUT2D eigenvalue weighted by molar-refractivity contribution is 6.04. The van der Waals surface area contributed by atoms with Crippen LogP contribution in [-0.4, -0.2) is 37.3 Å². The Morgan fingerprint density at radius 1 is 1.24 bits per heavy atom. The Morgan fingerprint density at radius 3 is 2.80 bits per heavy atom. The van der Waals surface area contributed by atoms with E-state index in [1.807, 2.05) is 44.2 Å². The fourth-order valence-electron chi connectivity index (χ4n) is 2.23. The number of hydrogen-bond acceptors (Lipinski definition) is 5. The molecule has 6 heteroatoms. The zero-order valence-electron chi connectivity index (χ0n) is 14.9. The molecule has 6 nitrogen and oxygen atoms in total. The van der Waals surface area contributed by atoms with Crippen LogP contribution in [0.25, 0.3) is 0 Å². The topological polar surface area (TPSA) is 72.5 Å². The van der Waals surface area contributed by atoms with Crippen molar-refractivity contribution in [1.82, 2.24) is 4.98 Å². The number of carbonyl (C=O) groups is 1. The van der Waals surface area contributed by atoms with E-state index in [1.165, 1.54) is 0 Å². The number of pyridine rings is 1. The van der Waals surface area contributed by atoms with Crippen LogP contribution in [0.1, 0.15) is 30.8 Å². The molecule has 0 radical (unpaired) electrons. The van der Waals surface area contributed by atoms with E-state index < -0.39 is 0 Å². The Hall–Kier alpha value is -2.60. The van der Waals surface area contributed by atoms with Crippen LogP contribution in [-0.2, 0) is 4.74 Å². The van der Waals surface area contributed by atoms with Crippen LogP contribution in [0.5, 0.6) is 5.75 Å². The standard InChI is InChI=1S/C19H25N3O3/c1-14(2)25-18-8-5-4-7-16(18)22-19(23)17-13-15(9-11-21-17)20-10-6-12-24-3/h4-5,7-9,11,13-14H,6,10,12H2,1-3H3,(H,20,21)(H,22,23). The lowest BCUT2D eigenvalue weighted by Crippen LogP contribution is -2.16. The Bertz CT molecular complexity index is 689. The molecule has 25 heavy (non-hydrogen) atoms. The van der Waals surface area contributed by atoms with Crippen molar-refractivity contribution in [3.63, 3.8) is 0 Å². The normalized spacial score (nSPS) is 10.6. The number of rotatable bonds is 9. The minimum absolute atomic E-state index is 0.0239. The number of hydrogen-bond donors (Lipinski definition) is 2. The molecule has 1 amide bonds. The van der Waals surface area contributed by atoms with Crippen LogP contribution in [0.4, 0.5) is 11.4 Å². The van der Waals surface area contributed by atoms with Crippen LogP contribution in [0, 0.1) is 0 Å². The molecule has 0 aliphatic heterocycles. The molecule has 2 rings (SSSR count). The first-order valence-electron chi connectivity index (χ1n) is 8.36. The number of aromatic nitrogens is 1. The summed E-state index contributed by atoms with van der Waals surface area (Å²) in [7, 11) is 1.68. The third-order valence-corrected chi connectivity index (χ3v) is 3.34.